The second-order valence-corrected chi connectivity index (χ2v) is 3.68. The molecule has 17 heavy (non-hydrogen) atoms. The Morgan fingerprint density at radius 3 is 2.82 bits per heavy atom. The number of benzene rings is 1. The van der Waals surface area contributed by atoms with Crippen LogP contribution in [0.2, 0.25) is 0 Å². The Hall–Kier alpha value is -1.55. The molecule has 0 aliphatic heterocycles. The van der Waals surface area contributed by atoms with Gasteiger partial charge in [-0.1, -0.05) is 12.1 Å². The zero-order valence-corrected chi connectivity index (χ0v) is 10.5. The molecule has 0 aliphatic carbocycles. The molecule has 4 heteroatoms. The van der Waals surface area contributed by atoms with Crippen molar-refractivity contribution in [2.75, 3.05) is 25.5 Å². The summed E-state index contributed by atoms with van der Waals surface area (Å²) in [5.41, 5.74) is 0.740. The van der Waals surface area contributed by atoms with Gasteiger partial charge in [0.05, 0.1) is 12.3 Å². The van der Waals surface area contributed by atoms with E-state index in [9.17, 15) is 4.79 Å². The van der Waals surface area contributed by atoms with Crippen molar-refractivity contribution in [3.05, 3.63) is 24.3 Å². The van der Waals surface area contributed by atoms with Gasteiger partial charge in [-0.25, -0.2) is 0 Å². The van der Waals surface area contributed by atoms with Crippen molar-refractivity contribution in [2.24, 2.45) is 0 Å². The molecule has 0 aliphatic rings. The molecule has 0 spiro atoms. The lowest BCUT2D eigenvalue weighted by Crippen LogP contribution is -2.15. The van der Waals surface area contributed by atoms with Crippen molar-refractivity contribution >= 4 is 11.6 Å². The first-order valence-electron chi connectivity index (χ1n) is 5.94. The van der Waals surface area contributed by atoms with E-state index < -0.39 is 0 Å². The molecular formula is C13H20N2O2. The fourth-order valence-corrected chi connectivity index (χ4v) is 1.49. The van der Waals surface area contributed by atoms with E-state index in [0.717, 1.165) is 24.4 Å². The molecule has 0 fully saturated rings. The number of carbonyl (C=O) groups is 1. The lowest BCUT2D eigenvalue weighted by atomic mass is 10.2. The molecular weight excluding hydrogens is 216 g/mol. The monoisotopic (exact) mass is 236 g/mol. The minimum Gasteiger partial charge on any atom is -0.492 e. The molecule has 1 amide bonds. The summed E-state index contributed by atoms with van der Waals surface area (Å²) in [4.78, 5) is 11.6. The third-order valence-electron chi connectivity index (χ3n) is 2.29. The van der Waals surface area contributed by atoms with Crippen LogP contribution in [0.5, 0.6) is 5.75 Å². The van der Waals surface area contributed by atoms with Crippen molar-refractivity contribution in [1.29, 1.82) is 0 Å². The van der Waals surface area contributed by atoms with E-state index in [1.54, 1.807) is 0 Å². The first-order chi connectivity index (χ1) is 8.27. The molecule has 0 heterocycles. The van der Waals surface area contributed by atoms with Gasteiger partial charge in [-0.05, 0) is 39.1 Å². The normalized spacial score (nSPS) is 10.0. The largest absolute Gasteiger partial charge is 0.492 e. The van der Waals surface area contributed by atoms with Crippen LogP contribution in [-0.2, 0) is 4.79 Å². The highest BCUT2D eigenvalue weighted by atomic mass is 16.5. The number of ether oxygens (including phenoxy) is 1. The van der Waals surface area contributed by atoms with Crippen LogP contribution in [0.4, 0.5) is 5.69 Å². The number of para-hydroxylation sites is 2. The summed E-state index contributed by atoms with van der Waals surface area (Å²) in [5, 5.41) is 5.88. The van der Waals surface area contributed by atoms with Gasteiger partial charge < -0.3 is 15.4 Å². The number of hydrogen-bond acceptors (Lipinski definition) is 3. The smallest absolute Gasteiger partial charge is 0.224 e. The van der Waals surface area contributed by atoms with Gasteiger partial charge in [0.2, 0.25) is 5.91 Å². The fraction of sp³-hybridized carbons (Fsp3) is 0.462. The summed E-state index contributed by atoms with van der Waals surface area (Å²) in [6, 6.07) is 7.47. The summed E-state index contributed by atoms with van der Waals surface area (Å²) >= 11 is 0. The molecule has 4 nitrogen and oxygen atoms in total. The van der Waals surface area contributed by atoms with Crippen molar-refractivity contribution in [2.45, 2.75) is 19.8 Å². The van der Waals surface area contributed by atoms with Crippen LogP contribution in [0.3, 0.4) is 0 Å². The third-order valence-corrected chi connectivity index (χ3v) is 2.29. The molecule has 0 atom stereocenters. The zero-order chi connectivity index (χ0) is 12.5. The summed E-state index contributed by atoms with van der Waals surface area (Å²) in [6.45, 7) is 3.36. The molecule has 0 saturated carbocycles. The quantitative estimate of drug-likeness (QED) is 0.712. The lowest BCUT2D eigenvalue weighted by Gasteiger charge is -2.11. The van der Waals surface area contributed by atoms with Gasteiger partial charge in [0.15, 0.2) is 0 Å². The van der Waals surface area contributed by atoms with E-state index in [4.69, 9.17) is 4.74 Å². The van der Waals surface area contributed by atoms with Gasteiger partial charge in [0, 0.05) is 6.42 Å². The summed E-state index contributed by atoms with van der Waals surface area (Å²) < 4.78 is 5.44. The number of amides is 1. The molecule has 0 saturated heterocycles. The van der Waals surface area contributed by atoms with E-state index in [1.165, 1.54) is 0 Å². The van der Waals surface area contributed by atoms with E-state index in [2.05, 4.69) is 10.6 Å². The number of rotatable bonds is 7. The number of nitrogens with one attached hydrogen (secondary N) is 2. The van der Waals surface area contributed by atoms with E-state index in [-0.39, 0.29) is 5.91 Å². The van der Waals surface area contributed by atoms with Gasteiger partial charge in [-0.3, -0.25) is 4.79 Å². The Bertz CT molecular complexity index is 353. The predicted molar refractivity (Wildman–Crippen MR) is 69.4 cm³/mol. The summed E-state index contributed by atoms with van der Waals surface area (Å²) in [7, 11) is 1.88. The second-order valence-electron chi connectivity index (χ2n) is 3.68. The van der Waals surface area contributed by atoms with Gasteiger partial charge in [0.1, 0.15) is 5.75 Å². The summed E-state index contributed by atoms with van der Waals surface area (Å²) in [5.74, 6) is 0.740. The molecule has 2 N–H and O–H groups in total. The molecule has 1 aromatic rings. The van der Waals surface area contributed by atoms with E-state index >= 15 is 0 Å². The van der Waals surface area contributed by atoms with Crippen LogP contribution in [0, 0.1) is 0 Å². The topological polar surface area (TPSA) is 50.4 Å². The van der Waals surface area contributed by atoms with Crippen molar-refractivity contribution in [3.8, 4) is 5.75 Å². The highest BCUT2D eigenvalue weighted by Crippen LogP contribution is 2.23. The molecule has 1 rings (SSSR count). The van der Waals surface area contributed by atoms with Crippen LogP contribution in [0.25, 0.3) is 0 Å². The fourth-order valence-electron chi connectivity index (χ4n) is 1.49. The molecule has 0 unspecified atom stereocenters. The highest BCUT2D eigenvalue weighted by Gasteiger charge is 2.06. The Balaban J connectivity index is 2.52. The maximum absolute atomic E-state index is 11.6. The molecule has 0 bridgehead atoms. The number of carbonyl (C=O) groups excluding carboxylic acids is 1. The van der Waals surface area contributed by atoms with E-state index in [1.807, 2.05) is 38.2 Å². The first-order valence-corrected chi connectivity index (χ1v) is 5.94. The third kappa shape index (κ3) is 4.87. The van der Waals surface area contributed by atoms with Gasteiger partial charge in [0.25, 0.3) is 0 Å². The van der Waals surface area contributed by atoms with Crippen LogP contribution in [-0.4, -0.2) is 26.1 Å². The van der Waals surface area contributed by atoms with Crippen LogP contribution < -0.4 is 15.4 Å². The Morgan fingerprint density at radius 2 is 2.12 bits per heavy atom. The van der Waals surface area contributed by atoms with Gasteiger partial charge in [-0.2, -0.15) is 0 Å². The minimum absolute atomic E-state index is 0.0207. The molecule has 0 radical (unpaired) electrons. The molecule has 94 valence electrons. The molecule has 0 aromatic heterocycles. The van der Waals surface area contributed by atoms with Crippen molar-refractivity contribution < 1.29 is 9.53 Å². The maximum atomic E-state index is 11.6. The van der Waals surface area contributed by atoms with E-state index in [0.29, 0.717) is 13.0 Å². The maximum Gasteiger partial charge on any atom is 0.224 e. The van der Waals surface area contributed by atoms with Crippen molar-refractivity contribution in [3.63, 3.8) is 0 Å². The second kappa shape index (κ2) is 7.68. The average molecular weight is 236 g/mol. The van der Waals surface area contributed by atoms with Crippen LogP contribution >= 0.6 is 0 Å². The Labute approximate surface area is 102 Å². The molecule has 1 aromatic carbocycles. The summed E-state index contributed by atoms with van der Waals surface area (Å²) in [6.07, 6.45) is 1.35. The SMILES string of the molecule is CCOc1ccccc1NC(=O)CCCNC. The standard InChI is InChI=1S/C13H20N2O2/c1-3-17-12-8-5-4-7-11(12)15-13(16)9-6-10-14-2/h4-5,7-8,14H,3,6,9-10H2,1-2H3,(H,15,16). The van der Waals surface area contributed by atoms with Gasteiger partial charge in [-0.15, -0.1) is 0 Å². The Kier molecular flexibility index (Phi) is 6.10. The van der Waals surface area contributed by atoms with Crippen molar-refractivity contribution in [1.82, 2.24) is 5.32 Å². The minimum atomic E-state index is 0.0207. The average Bonchev–Trinajstić information content (AvgIpc) is 2.32. The van der Waals surface area contributed by atoms with Crippen LogP contribution in [0.15, 0.2) is 24.3 Å². The zero-order valence-electron chi connectivity index (χ0n) is 10.5. The number of anilines is 1. The lowest BCUT2D eigenvalue weighted by molar-refractivity contribution is -0.116. The number of hydrogen-bond donors (Lipinski definition) is 2. The van der Waals surface area contributed by atoms with Gasteiger partial charge >= 0.3 is 0 Å². The predicted octanol–water partition coefficient (Wildman–Crippen LogP) is 2.02. The highest BCUT2D eigenvalue weighted by molar-refractivity contribution is 5.92. The van der Waals surface area contributed by atoms with Crippen LogP contribution in [0.1, 0.15) is 19.8 Å². The Morgan fingerprint density at radius 1 is 1.35 bits per heavy atom. The first kappa shape index (κ1) is 13.5.